The highest BCUT2D eigenvalue weighted by Gasteiger charge is 2.17. The molecule has 0 spiro atoms. The van der Waals surface area contributed by atoms with E-state index in [0.29, 0.717) is 6.04 Å². The monoisotopic (exact) mass is 249 g/mol. The third-order valence-electron chi connectivity index (χ3n) is 3.48. The first-order chi connectivity index (χ1) is 8.70. The lowest BCUT2D eigenvalue weighted by molar-refractivity contribution is 0.0820. The summed E-state index contributed by atoms with van der Waals surface area (Å²) in [6.07, 6.45) is 3.24. The first-order valence-electron chi connectivity index (χ1n) is 6.70. The van der Waals surface area contributed by atoms with Gasteiger partial charge in [0.25, 0.3) is 0 Å². The van der Waals surface area contributed by atoms with E-state index in [1.807, 2.05) is 13.2 Å². The number of ether oxygens (including phenoxy) is 1. The van der Waals surface area contributed by atoms with Crippen molar-refractivity contribution >= 4 is 5.82 Å². The number of anilines is 1. The van der Waals surface area contributed by atoms with E-state index in [-0.39, 0.29) is 6.10 Å². The minimum atomic E-state index is 0.277. The lowest BCUT2D eigenvalue weighted by Crippen LogP contribution is -2.31. The van der Waals surface area contributed by atoms with Crippen LogP contribution in [0.15, 0.2) is 18.3 Å². The standard InChI is InChI=1S/C14H23N3O/c1-11-10-17(7-4-8-18-11)14-9-13(5-6-16-14)12(2)15-3/h5-6,9,11-12,15H,4,7-8,10H2,1-3H3. The highest BCUT2D eigenvalue weighted by molar-refractivity contribution is 5.42. The molecule has 0 amide bonds. The van der Waals surface area contributed by atoms with Gasteiger partial charge in [-0.25, -0.2) is 4.98 Å². The molecule has 0 radical (unpaired) electrons. The van der Waals surface area contributed by atoms with Crippen LogP contribution < -0.4 is 10.2 Å². The average Bonchev–Trinajstić information content (AvgIpc) is 2.62. The van der Waals surface area contributed by atoms with Crippen LogP contribution in [0.4, 0.5) is 5.82 Å². The van der Waals surface area contributed by atoms with Crippen molar-refractivity contribution in [1.29, 1.82) is 0 Å². The van der Waals surface area contributed by atoms with E-state index in [0.717, 1.165) is 31.9 Å². The van der Waals surface area contributed by atoms with Gasteiger partial charge < -0.3 is 15.0 Å². The highest BCUT2D eigenvalue weighted by atomic mass is 16.5. The maximum atomic E-state index is 5.67. The summed E-state index contributed by atoms with van der Waals surface area (Å²) in [4.78, 5) is 6.82. The minimum absolute atomic E-state index is 0.277. The largest absolute Gasteiger partial charge is 0.377 e. The van der Waals surface area contributed by atoms with Crippen molar-refractivity contribution in [2.45, 2.75) is 32.4 Å². The van der Waals surface area contributed by atoms with Gasteiger partial charge in [0, 0.05) is 31.9 Å². The van der Waals surface area contributed by atoms with Crippen molar-refractivity contribution in [3.05, 3.63) is 23.9 Å². The first-order valence-corrected chi connectivity index (χ1v) is 6.70. The normalized spacial score (nSPS) is 22.6. The van der Waals surface area contributed by atoms with Crippen molar-refractivity contribution in [2.24, 2.45) is 0 Å². The van der Waals surface area contributed by atoms with Gasteiger partial charge >= 0.3 is 0 Å². The summed E-state index contributed by atoms with van der Waals surface area (Å²) in [6, 6.07) is 4.61. The predicted molar refractivity (Wildman–Crippen MR) is 74.0 cm³/mol. The zero-order chi connectivity index (χ0) is 13.0. The van der Waals surface area contributed by atoms with Crippen molar-refractivity contribution in [2.75, 3.05) is 31.6 Å². The van der Waals surface area contributed by atoms with Gasteiger partial charge in [0.15, 0.2) is 0 Å². The number of pyridine rings is 1. The maximum absolute atomic E-state index is 5.67. The van der Waals surface area contributed by atoms with Gasteiger partial charge in [-0.15, -0.1) is 0 Å². The topological polar surface area (TPSA) is 37.4 Å². The molecule has 2 rings (SSSR count). The Balaban J connectivity index is 2.16. The Morgan fingerprint density at radius 1 is 1.56 bits per heavy atom. The van der Waals surface area contributed by atoms with E-state index < -0.39 is 0 Å². The van der Waals surface area contributed by atoms with E-state index >= 15 is 0 Å². The highest BCUT2D eigenvalue weighted by Crippen LogP contribution is 2.19. The summed E-state index contributed by atoms with van der Waals surface area (Å²) in [6.45, 7) is 7.08. The molecule has 2 unspecified atom stereocenters. The molecular weight excluding hydrogens is 226 g/mol. The summed E-state index contributed by atoms with van der Waals surface area (Å²) in [5.74, 6) is 1.06. The lowest BCUT2D eigenvalue weighted by atomic mass is 10.1. The van der Waals surface area contributed by atoms with Gasteiger partial charge in [-0.2, -0.15) is 0 Å². The van der Waals surface area contributed by atoms with Crippen LogP contribution in [0, 0.1) is 0 Å². The third kappa shape index (κ3) is 3.21. The van der Waals surface area contributed by atoms with Gasteiger partial charge in [0.1, 0.15) is 5.82 Å². The zero-order valence-corrected chi connectivity index (χ0v) is 11.5. The van der Waals surface area contributed by atoms with Gasteiger partial charge in [0.05, 0.1) is 6.10 Å². The molecule has 2 heterocycles. The molecule has 0 bridgehead atoms. The second kappa shape index (κ2) is 6.16. The molecule has 1 saturated heterocycles. The molecule has 0 saturated carbocycles. The fourth-order valence-corrected chi connectivity index (χ4v) is 2.25. The summed E-state index contributed by atoms with van der Waals surface area (Å²) in [5.41, 5.74) is 1.28. The van der Waals surface area contributed by atoms with Crippen LogP contribution in [0.1, 0.15) is 31.9 Å². The second-order valence-corrected chi connectivity index (χ2v) is 4.94. The number of rotatable bonds is 3. The van der Waals surface area contributed by atoms with Gasteiger partial charge in [0.2, 0.25) is 0 Å². The Labute approximate surface area is 109 Å². The molecule has 100 valence electrons. The third-order valence-corrected chi connectivity index (χ3v) is 3.48. The van der Waals surface area contributed by atoms with Crippen molar-refractivity contribution in [1.82, 2.24) is 10.3 Å². The van der Waals surface area contributed by atoms with Gasteiger partial charge in [-0.3, -0.25) is 0 Å². The van der Waals surface area contributed by atoms with Crippen LogP contribution in [0.25, 0.3) is 0 Å². The van der Waals surface area contributed by atoms with Crippen LogP contribution in [0.3, 0.4) is 0 Å². The van der Waals surface area contributed by atoms with E-state index in [1.54, 1.807) is 0 Å². The molecule has 4 nitrogen and oxygen atoms in total. The summed E-state index contributed by atoms with van der Waals surface area (Å²) < 4.78 is 5.67. The Morgan fingerprint density at radius 2 is 2.39 bits per heavy atom. The number of hydrogen-bond donors (Lipinski definition) is 1. The molecule has 1 aliphatic heterocycles. The smallest absolute Gasteiger partial charge is 0.128 e. The van der Waals surface area contributed by atoms with E-state index in [9.17, 15) is 0 Å². The molecule has 1 aromatic heterocycles. The summed E-state index contributed by atoms with van der Waals surface area (Å²) in [7, 11) is 1.98. The van der Waals surface area contributed by atoms with Gasteiger partial charge in [-0.1, -0.05) is 0 Å². The van der Waals surface area contributed by atoms with Crippen LogP contribution in [0.2, 0.25) is 0 Å². The molecule has 2 atom stereocenters. The molecule has 1 N–H and O–H groups in total. The van der Waals surface area contributed by atoms with E-state index in [4.69, 9.17) is 4.74 Å². The predicted octanol–water partition coefficient (Wildman–Crippen LogP) is 1.98. The average molecular weight is 249 g/mol. The Morgan fingerprint density at radius 3 is 3.17 bits per heavy atom. The minimum Gasteiger partial charge on any atom is -0.377 e. The van der Waals surface area contributed by atoms with Crippen LogP contribution in [-0.4, -0.2) is 37.8 Å². The molecule has 4 heteroatoms. The quantitative estimate of drug-likeness (QED) is 0.889. The van der Waals surface area contributed by atoms with Crippen molar-refractivity contribution in [3.8, 4) is 0 Å². The van der Waals surface area contributed by atoms with Gasteiger partial charge in [-0.05, 0) is 45.0 Å². The summed E-state index contributed by atoms with van der Waals surface area (Å²) in [5, 5.41) is 3.26. The lowest BCUT2D eigenvalue weighted by Gasteiger charge is -2.24. The number of aromatic nitrogens is 1. The number of nitrogens with zero attached hydrogens (tertiary/aromatic N) is 2. The van der Waals surface area contributed by atoms with Crippen LogP contribution in [-0.2, 0) is 4.74 Å². The molecule has 0 aliphatic carbocycles. The van der Waals surface area contributed by atoms with Crippen molar-refractivity contribution < 1.29 is 4.74 Å². The maximum Gasteiger partial charge on any atom is 0.128 e. The Hall–Kier alpha value is -1.13. The van der Waals surface area contributed by atoms with Crippen LogP contribution >= 0.6 is 0 Å². The molecule has 18 heavy (non-hydrogen) atoms. The molecule has 1 aliphatic rings. The first kappa shape index (κ1) is 13.3. The molecule has 1 aromatic rings. The molecule has 1 fully saturated rings. The summed E-state index contributed by atoms with van der Waals surface area (Å²) >= 11 is 0. The molecule has 0 aromatic carbocycles. The second-order valence-electron chi connectivity index (χ2n) is 4.94. The van der Waals surface area contributed by atoms with Crippen molar-refractivity contribution in [3.63, 3.8) is 0 Å². The fourth-order valence-electron chi connectivity index (χ4n) is 2.25. The zero-order valence-electron chi connectivity index (χ0n) is 11.5. The van der Waals surface area contributed by atoms with E-state index in [1.165, 1.54) is 5.56 Å². The Kier molecular flexibility index (Phi) is 4.55. The number of nitrogens with one attached hydrogen (secondary N) is 1. The van der Waals surface area contributed by atoms with E-state index in [2.05, 4.69) is 41.2 Å². The Bertz CT molecular complexity index is 383. The number of hydrogen-bond acceptors (Lipinski definition) is 4. The molecular formula is C14H23N3O. The SMILES string of the molecule is CNC(C)c1ccnc(N2CCCOC(C)C2)c1. The fraction of sp³-hybridized carbons (Fsp3) is 0.643. The van der Waals surface area contributed by atoms with Crippen LogP contribution in [0.5, 0.6) is 0 Å².